The summed E-state index contributed by atoms with van der Waals surface area (Å²) in [5, 5.41) is 8.49. The van der Waals surface area contributed by atoms with Gasteiger partial charge in [0.15, 0.2) is 5.65 Å². The van der Waals surface area contributed by atoms with Crippen LogP contribution in [0.1, 0.15) is 23.0 Å². The molecule has 0 spiro atoms. The minimum absolute atomic E-state index is 0.327. The van der Waals surface area contributed by atoms with Gasteiger partial charge in [0.25, 0.3) is 0 Å². The second-order valence-electron chi connectivity index (χ2n) is 5.05. The van der Waals surface area contributed by atoms with Gasteiger partial charge in [0, 0.05) is 12.7 Å². The Bertz CT molecular complexity index is 855. The Morgan fingerprint density at radius 2 is 2.00 bits per heavy atom. The lowest BCUT2D eigenvalue weighted by atomic mass is 10.2. The maximum atomic E-state index is 11.7. The summed E-state index contributed by atoms with van der Waals surface area (Å²) >= 11 is 0. The van der Waals surface area contributed by atoms with Crippen molar-refractivity contribution in [2.45, 2.75) is 13.8 Å². The zero-order chi connectivity index (χ0) is 16.4. The van der Waals surface area contributed by atoms with Crippen molar-refractivity contribution in [3.63, 3.8) is 0 Å². The molecule has 0 saturated heterocycles. The van der Waals surface area contributed by atoms with E-state index in [0.29, 0.717) is 18.0 Å². The van der Waals surface area contributed by atoms with Gasteiger partial charge in [-0.1, -0.05) is 0 Å². The summed E-state index contributed by atoms with van der Waals surface area (Å²) in [6, 6.07) is 7.06. The topological polar surface area (TPSA) is 81.9 Å². The molecule has 0 radical (unpaired) electrons. The lowest BCUT2D eigenvalue weighted by Crippen LogP contribution is -2.04. The van der Waals surface area contributed by atoms with E-state index in [1.165, 1.54) is 6.33 Å². The number of aryl methyl sites for hydroxylation is 2. The third-order valence-corrected chi connectivity index (χ3v) is 3.45. The molecule has 0 aliphatic heterocycles. The number of hydrogen-bond acceptors (Lipinski definition) is 6. The summed E-state index contributed by atoms with van der Waals surface area (Å²) in [6.07, 6.45) is 1.50. The average molecular weight is 311 g/mol. The van der Waals surface area contributed by atoms with Crippen molar-refractivity contribution >= 4 is 28.5 Å². The van der Waals surface area contributed by atoms with Crippen LogP contribution in [0.4, 0.5) is 11.5 Å². The second-order valence-corrected chi connectivity index (χ2v) is 5.05. The molecule has 2 aromatic heterocycles. The van der Waals surface area contributed by atoms with Crippen LogP contribution in [0, 0.1) is 6.92 Å². The molecule has 0 atom stereocenters. The molecule has 1 N–H and O–H groups in total. The first kappa shape index (κ1) is 15.0. The number of ether oxygens (including phenoxy) is 1. The van der Waals surface area contributed by atoms with Crippen LogP contribution in [0.15, 0.2) is 30.6 Å². The van der Waals surface area contributed by atoms with Gasteiger partial charge in [-0.15, -0.1) is 0 Å². The van der Waals surface area contributed by atoms with Gasteiger partial charge in [0.2, 0.25) is 0 Å². The van der Waals surface area contributed by atoms with Gasteiger partial charge in [0.1, 0.15) is 12.1 Å². The highest BCUT2D eigenvalue weighted by atomic mass is 16.5. The first-order valence-electron chi connectivity index (χ1n) is 7.28. The minimum Gasteiger partial charge on any atom is -0.462 e. The number of carbonyl (C=O) groups is 1. The Balaban J connectivity index is 1.89. The molecule has 23 heavy (non-hydrogen) atoms. The number of aromatic nitrogens is 4. The van der Waals surface area contributed by atoms with Crippen molar-refractivity contribution in [3.05, 3.63) is 41.9 Å². The van der Waals surface area contributed by atoms with E-state index in [1.54, 1.807) is 23.7 Å². The van der Waals surface area contributed by atoms with Gasteiger partial charge < -0.3 is 10.1 Å². The van der Waals surface area contributed by atoms with Gasteiger partial charge in [0.05, 0.1) is 23.3 Å². The maximum Gasteiger partial charge on any atom is 0.338 e. The predicted octanol–water partition coefficient (Wildman–Crippen LogP) is 2.59. The molecule has 0 aliphatic rings. The van der Waals surface area contributed by atoms with E-state index < -0.39 is 0 Å². The number of benzene rings is 1. The van der Waals surface area contributed by atoms with Gasteiger partial charge in [-0.05, 0) is 38.1 Å². The van der Waals surface area contributed by atoms with Crippen molar-refractivity contribution in [1.82, 2.24) is 19.7 Å². The van der Waals surface area contributed by atoms with Crippen LogP contribution in [-0.2, 0) is 11.8 Å². The number of nitrogens with one attached hydrogen (secondary N) is 1. The van der Waals surface area contributed by atoms with Crippen LogP contribution >= 0.6 is 0 Å². The minimum atomic E-state index is -0.327. The second kappa shape index (κ2) is 6.04. The Kier molecular flexibility index (Phi) is 3.92. The van der Waals surface area contributed by atoms with E-state index in [2.05, 4.69) is 20.4 Å². The third-order valence-electron chi connectivity index (χ3n) is 3.45. The number of fused-ring (bicyclic) bond motifs is 1. The van der Waals surface area contributed by atoms with Gasteiger partial charge in [-0.3, -0.25) is 4.68 Å². The maximum absolute atomic E-state index is 11.7. The number of carbonyl (C=O) groups excluding carboxylic acids is 1. The highest BCUT2D eigenvalue weighted by molar-refractivity contribution is 5.92. The van der Waals surface area contributed by atoms with Gasteiger partial charge in [-0.2, -0.15) is 5.10 Å². The van der Waals surface area contributed by atoms with Crippen molar-refractivity contribution in [2.75, 3.05) is 11.9 Å². The van der Waals surface area contributed by atoms with Crippen LogP contribution in [0.2, 0.25) is 0 Å². The number of hydrogen-bond donors (Lipinski definition) is 1. The monoisotopic (exact) mass is 311 g/mol. The Hall–Kier alpha value is -2.96. The molecule has 2 heterocycles. The van der Waals surface area contributed by atoms with Crippen molar-refractivity contribution < 1.29 is 9.53 Å². The van der Waals surface area contributed by atoms with Crippen molar-refractivity contribution in [1.29, 1.82) is 0 Å². The van der Waals surface area contributed by atoms with E-state index in [9.17, 15) is 4.79 Å². The summed E-state index contributed by atoms with van der Waals surface area (Å²) in [4.78, 5) is 20.2. The SMILES string of the molecule is CCOC(=O)c1ccc(Nc2ncnc3c2c(C)nn3C)cc1. The molecule has 0 aliphatic carbocycles. The number of nitrogens with zero attached hydrogens (tertiary/aromatic N) is 4. The first-order valence-corrected chi connectivity index (χ1v) is 7.28. The van der Waals surface area contributed by atoms with Gasteiger partial charge >= 0.3 is 5.97 Å². The fourth-order valence-corrected chi connectivity index (χ4v) is 2.41. The van der Waals surface area contributed by atoms with E-state index in [0.717, 1.165) is 22.4 Å². The number of rotatable bonds is 4. The van der Waals surface area contributed by atoms with Crippen LogP contribution in [0.5, 0.6) is 0 Å². The predicted molar refractivity (Wildman–Crippen MR) is 86.7 cm³/mol. The Labute approximate surface area is 133 Å². The molecular weight excluding hydrogens is 294 g/mol. The summed E-state index contributed by atoms with van der Waals surface area (Å²) in [6.45, 7) is 4.06. The van der Waals surface area contributed by atoms with Crippen LogP contribution < -0.4 is 5.32 Å². The normalized spacial score (nSPS) is 10.7. The Morgan fingerprint density at radius 1 is 1.26 bits per heavy atom. The molecule has 0 unspecified atom stereocenters. The standard InChI is InChI=1S/C16H17N5O2/c1-4-23-16(22)11-5-7-12(8-6-11)19-14-13-10(2)20-21(3)15(13)18-9-17-14/h5-9H,4H2,1-3H3,(H,17,18,19). The van der Waals surface area contributed by atoms with E-state index in [-0.39, 0.29) is 5.97 Å². The average Bonchev–Trinajstić information content (AvgIpc) is 2.84. The lowest BCUT2D eigenvalue weighted by Gasteiger charge is -2.08. The molecule has 3 aromatic rings. The molecule has 0 saturated carbocycles. The highest BCUT2D eigenvalue weighted by Gasteiger charge is 2.12. The van der Waals surface area contributed by atoms with Crippen molar-refractivity contribution in [2.24, 2.45) is 7.05 Å². The van der Waals surface area contributed by atoms with Crippen LogP contribution in [0.25, 0.3) is 11.0 Å². The molecule has 0 fully saturated rings. The summed E-state index contributed by atoms with van der Waals surface area (Å²) in [5.41, 5.74) is 2.96. The smallest absolute Gasteiger partial charge is 0.338 e. The molecule has 0 bridgehead atoms. The fraction of sp³-hybridized carbons (Fsp3) is 0.250. The summed E-state index contributed by atoms with van der Waals surface area (Å²) < 4.78 is 6.69. The van der Waals surface area contributed by atoms with E-state index >= 15 is 0 Å². The summed E-state index contributed by atoms with van der Waals surface area (Å²) in [7, 11) is 1.85. The molecule has 1 aromatic carbocycles. The van der Waals surface area contributed by atoms with E-state index in [1.807, 2.05) is 26.1 Å². The van der Waals surface area contributed by atoms with E-state index in [4.69, 9.17) is 4.74 Å². The largest absolute Gasteiger partial charge is 0.462 e. The summed E-state index contributed by atoms with van der Waals surface area (Å²) in [5.74, 6) is 0.357. The van der Waals surface area contributed by atoms with Gasteiger partial charge in [-0.25, -0.2) is 14.8 Å². The fourth-order valence-electron chi connectivity index (χ4n) is 2.41. The zero-order valence-corrected chi connectivity index (χ0v) is 13.2. The first-order chi connectivity index (χ1) is 11.1. The highest BCUT2D eigenvalue weighted by Crippen LogP contribution is 2.25. The lowest BCUT2D eigenvalue weighted by molar-refractivity contribution is 0.0526. The quantitative estimate of drug-likeness (QED) is 0.746. The number of esters is 1. The number of anilines is 2. The third kappa shape index (κ3) is 2.85. The van der Waals surface area contributed by atoms with Crippen LogP contribution in [-0.4, -0.2) is 32.3 Å². The molecule has 118 valence electrons. The zero-order valence-electron chi connectivity index (χ0n) is 13.2. The molecule has 3 rings (SSSR count). The molecule has 0 amide bonds. The Morgan fingerprint density at radius 3 is 2.70 bits per heavy atom. The van der Waals surface area contributed by atoms with Crippen LogP contribution in [0.3, 0.4) is 0 Å². The molecular formula is C16H17N5O2. The molecule has 7 heteroatoms. The van der Waals surface area contributed by atoms with Crippen molar-refractivity contribution in [3.8, 4) is 0 Å². The molecule has 7 nitrogen and oxygen atoms in total.